The number of ketones is 1. The van der Waals surface area contributed by atoms with Crippen LogP contribution in [0, 0.1) is 20.8 Å². The standard InChI is InChI=1S/C28H26O6/c1-16-6-10-21-24(12-16)34-27(20-9-11-23(31-4)25(14-20)32-5)28(26(21)30)33-15-22(29)19-8-7-17(2)18(3)13-19/h6-14H,15H2,1-5H3. The molecule has 0 saturated carbocycles. The van der Waals surface area contributed by atoms with Crippen LogP contribution in [0.15, 0.2) is 63.8 Å². The SMILES string of the molecule is COc1ccc(-c2oc3cc(C)ccc3c(=O)c2OCC(=O)c2ccc(C)c(C)c2)cc1OC. The average molecular weight is 459 g/mol. The minimum absolute atomic E-state index is 0.0271. The lowest BCUT2D eigenvalue weighted by Crippen LogP contribution is -2.17. The summed E-state index contributed by atoms with van der Waals surface area (Å²) in [7, 11) is 3.07. The number of hydrogen-bond acceptors (Lipinski definition) is 6. The van der Waals surface area contributed by atoms with E-state index in [1.54, 1.807) is 43.5 Å². The molecule has 6 nitrogen and oxygen atoms in total. The van der Waals surface area contributed by atoms with Gasteiger partial charge in [-0.05, 0) is 73.9 Å². The van der Waals surface area contributed by atoms with Crippen LogP contribution >= 0.6 is 0 Å². The molecule has 174 valence electrons. The Bertz CT molecular complexity index is 1450. The summed E-state index contributed by atoms with van der Waals surface area (Å²) in [5, 5.41) is 0.378. The van der Waals surface area contributed by atoms with E-state index >= 15 is 0 Å². The van der Waals surface area contributed by atoms with Crippen LogP contribution in [-0.2, 0) is 0 Å². The van der Waals surface area contributed by atoms with Gasteiger partial charge in [-0.1, -0.05) is 18.2 Å². The van der Waals surface area contributed by atoms with Gasteiger partial charge in [0.2, 0.25) is 11.2 Å². The quantitative estimate of drug-likeness (QED) is 0.333. The van der Waals surface area contributed by atoms with Crippen LogP contribution in [-0.4, -0.2) is 26.6 Å². The predicted molar refractivity (Wildman–Crippen MR) is 132 cm³/mol. The van der Waals surface area contributed by atoms with Gasteiger partial charge in [-0.15, -0.1) is 0 Å². The first-order valence-corrected chi connectivity index (χ1v) is 10.9. The second kappa shape index (κ2) is 9.43. The molecule has 0 fully saturated rings. The fourth-order valence-corrected chi connectivity index (χ4v) is 3.72. The van der Waals surface area contributed by atoms with Crippen molar-refractivity contribution in [1.29, 1.82) is 0 Å². The lowest BCUT2D eigenvalue weighted by molar-refractivity contribution is 0.0920. The molecule has 3 aromatic carbocycles. The Morgan fingerprint density at radius 3 is 2.32 bits per heavy atom. The Morgan fingerprint density at radius 2 is 1.62 bits per heavy atom. The van der Waals surface area contributed by atoms with Crippen molar-refractivity contribution in [3.05, 3.63) is 87.1 Å². The van der Waals surface area contributed by atoms with Crippen molar-refractivity contribution in [2.45, 2.75) is 20.8 Å². The summed E-state index contributed by atoms with van der Waals surface area (Å²) in [6.45, 7) is 5.55. The molecular formula is C28H26O6. The van der Waals surface area contributed by atoms with Gasteiger partial charge < -0.3 is 18.6 Å². The number of Topliss-reactive ketones (excluding diaryl/α,β-unsaturated/α-hetero) is 1. The Kier molecular flexibility index (Phi) is 6.41. The van der Waals surface area contributed by atoms with Crippen molar-refractivity contribution in [3.63, 3.8) is 0 Å². The Balaban J connectivity index is 1.80. The van der Waals surface area contributed by atoms with Gasteiger partial charge in [-0.25, -0.2) is 0 Å². The number of fused-ring (bicyclic) bond motifs is 1. The largest absolute Gasteiger partial charge is 0.493 e. The van der Waals surface area contributed by atoms with Crippen LogP contribution in [0.4, 0.5) is 0 Å². The van der Waals surface area contributed by atoms with Gasteiger partial charge in [-0.3, -0.25) is 9.59 Å². The summed E-state index contributed by atoms with van der Waals surface area (Å²) in [5.74, 6) is 0.976. The highest BCUT2D eigenvalue weighted by molar-refractivity contribution is 5.97. The average Bonchev–Trinajstić information content (AvgIpc) is 2.84. The number of aryl methyl sites for hydroxylation is 3. The number of hydrogen-bond donors (Lipinski definition) is 0. The number of carbonyl (C=O) groups excluding carboxylic acids is 1. The molecule has 0 aliphatic carbocycles. The Hall–Kier alpha value is -4.06. The van der Waals surface area contributed by atoms with Gasteiger partial charge in [0.05, 0.1) is 19.6 Å². The third kappa shape index (κ3) is 4.39. The van der Waals surface area contributed by atoms with E-state index in [9.17, 15) is 9.59 Å². The molecule has 0 N–H and O–H groups in total. The maximum Gasteiger partial charge on any atom is 0.235 e. The molecular weight excluding hydrogens is 432 g/mol. The van der Waals surface area contributed by atoms with E-state index < -0.39 is 0 Å². The first-order chi connectivity index (χ1) is 16.3. The fraction of sp³-hybridized carbons (Fsp3) is 0.214. The Morgan fingerprint density at radius 1 is 0.853 bits per heavy atom. The van der Waals surface area contributed by atoms with E-state index in [1.165, 1.54) is 7.11 Å². The number of benzene rings is 3. The van der Waals surface area contributed by atoms with Gasteiger partial charge in [0.25, 0.3) is 0 Å². The summed E-state index contributed by atoms with van der Waals surface area (Å²) in [4.78, 5) is 26.2. The maximum atomic E-state index is 13.4. The molecule has 0 saturated heterocycles. The van der Waals surface area contributed by atoms with Gasteiger partial charge in [0.15, 0.2) is 29.6 Å². The molecule has 6 heteroatoms. The monoisotopic (exact) mass is 458 g/mol. The summed E-state index contributed by atoms with van der Waals surface area (Å²) in [6, 6.07) is 16.0. The molecule has 1 heterocycles. The smallest absolute Gasteiger partial charge is 0.235 e. The molecule has 34 heavy (non-hydrogen) atoms. The zero-order valence-electron chi connectivity index (χ0n) is 19.9. The number of methoxy groups -OCH3 is 2. The summed E-state index contributed by atoms with van der Waals surface area (Å²) < 4.78 is 22.7. The molecule has 1 aromatic heterocycles. The third-order valence-corrected chi connectivity index (χ3v) is 5.83. The molecule has 0 aliphatic rings. The van der Waals surface area contributed by atoms with Crippen molar-refractivity contribution in [2.24, 2.45) is 0 Å². The molecule has 4 aromatic rings. The van der Waals surface area contributed by atoms with Crippen LogP contribution in [0.5, 0.6) is 17.2 Å². The van der Waals surface area contributed by atoms with E-state index in [4.69, 9.17) is 18.6 Å². The van der Waals surface area contributed by atoms with Crippen molar-refractivity contribution in [1.82, 2.24) is 0 Å². The van der Waals surface area contributed by atoms with Gasteiger partial charge in [0.1, 0.15) is 5.58 Å². The van der Waals surface area contributed by atoms with E-state index in [2.05, 4.69) is 0 Å². The lowest BCUT2D eigenvalue weighted by atomic mass is 10.0. The highest BCUT2D eigenvalue weighted by Crippen LogP contribution is 2.37. The topological polar surface area (TPSA) is 75.0 Å². The summed E-state index contributed by atoms with van der Waals surface area (Å²) >= 11 is 0. The molecule has 0 atom stereocenters. The highest BCUT2D eigenvalue weighted by Gasteiger charge is 2.21. The zero-order chi connectivity index (χ0) is 24.4. The van der Waals surface area contributed by atoms with Crippen LogP contribution in [0.2, 0.25) is 0 Å². The predicted octanol–water partition coefficient (Wildman–Crippen LogP) is 5.66. The van der Waals surface area contributed by atoms with E-state index in [0.29, 0.717) is 33.6 Å². The molecule has 0 amide bonds. The van der Waals surface area contributed by atoms with Gasteiger partial charge >= 0.3 is 0 Å². The normalized spacial score (nSPS) is 10.9. The minimum atomic E-state index is -0.348. The molecule has 0 bridgehead atoms. The summed E-state index contributed by atoms with van der Waals surface area (Å²) in [6.07, 6.45) is 0. The molecule has 0 aliphatic heterocycles. The fourth-order valence-electron chi connectivity index (χ4n) is 3.72. The minimum Gasteiger partial charge on any atom is -0.493 e. The zero-order valence-corrected chi connectivity index (χ0v) is 19.9. The van der Waals surface area contributed by atoms with E-state index in [0.717, 1.165) is 16.7 Å². The first-order valence-electron chi connectivity index (χ1n) is 10.9. The van der Waals surface area contributed by atoms with Gasteiger partial charge in [-0.2, -0.15) is 0 Å². The van der Waals surface area contributed by atoms with Crippen LogP contribution in [0.25, 0.3) is 22.3 Å². The van der Waals surface area contributed by atoms with Gasteiger partial charge in [0, 0.05) is 11.1 Å². The van der Waals surface area contributed by atoms with Crippen LogP contribution < -0.4 is 19.6 Å². The molecule has 0 unspecified atom stereocenters. The van der Waals surface area contributed by atoms with Crippen molar-refractivity contribution >= 4 is 16.8 Å². The number of ether oxygens (including phenoxy) is 3. The van der Waals surface area contributed by atoms with E-state index in [1.807, 2.05) is 39.0 Å². The number of rotatable bonds is 7. The Labute approximate surface area is 197 Å². The van der Waals surface area contributed by atoms with Crippen molar-refractivity contribution in [2.75, 3.05) is 20.8 Å². The highest BCUT2D eigenvalue weighted by atomic mass is 16.5. The summed E-state index contributed by atoms with van der Waals surface area (Å²) in [5.41, 5.74) is 4.23. The second-order valence-electron chi connectivity index (χ2n) is 8.17. The first kappa shape index (κ1) is 23.1. The van der Waals surface area contributed by atoms with E-state index in [-0.39, 0.29) is 29.3 Å². The van der Waals surface area contributed by atoms with Crippen molar-refractivity contribution in [3.8, 4) is 28.6 Å². The van der Waals surface area contributed by atoms with Crippen molar-refractivity contribution < 1.29 is 23.4 Å². The van der Waals surface area contributed by atoms with Crippen LogP contribution in [0.1, 0.15) is 27.0 Å². The third-order valence-electron chi connectivity index (χ3n) is 5.83. The molecule has 0 spiro atoms. The molecule has 0 radical (unpaired) electrons. The second-order valence-corrected chi connectivity index (χ2v) is 8.17. The van der Waals surface area contributed by atoms with Crippen LogP contribution in [0.3, 0.4) is 0 Å². The lowest BCUT2D eigenvalue weighted by Gasteiger charge is -2.14. The molecule has 4 rings (SSSR count). The maximum absolute atomic E-state index is 13.4. The number of carbonyl (C=O) groups is 1.